The highest BCUT2D eigenvalue weighted by Gasteiger charge is 2.22. The minimum Gasteiger partial charge on any atom is -0.455 e. The third kappa shape index (κ3) is 5.52. The Bertz CT molecular complexity index is 1190. The van der Waals surface area contributed by atoms with Gasteiger partial charge in [-0.3, -0.25) is 0 Å². The SMILES string of the molecule is Cc1ccc(-c2nc(COC(=O)c3cc(S(=O)(=O)N(C)C)ccc3NCCO)cs2)cc1. The zero-order valence-corrected chi connectivity index (χ0v) is 19.7. The third-order valence-corrected chi connectivity index (χ3v) is 7.37. The maximum Gasteiger partial charge on any atom is 0.340 e. The summed E-state index contributed by atoms with van der Waals surface area (Å²) in [5.74, 6) is -0.689. The Morgan fingerprint density at radius 2 is 1.91 bits per heavy atom. The van der Waals surface area contributed by atoms with Crippen molar-refractivity contribution in [2.45, 2.75) is 18.4 Å². The van der Waals surface area contributed by atoms with Crippen molar-refractivity contribution in [2.75, 3.05) is 32.6 Å². The molecule has 0 fully saturated rings. The lowest BCUT2D eigenvalue weighted by molar-refractivity contribution is 0.0469. The highest BCUT2D eigenvalue weighted by atomic mass is 32.2. The van der Waals surface area contributed by atoms with E-state index in [1.165, 1.54) is 43.6 Å². The average Bonchev–Trinajstić information content (AvgIpc) is 3.25. The van der Waals surface area contributed by atoms with Crippen LogP contribution in [0.4, 0.5) is 5.69 Å². The number of esters is 1. The number of hydrogen-bond donors (Lipinski definition) is 2. The molecule has 0 atom stereocenters. The number of rotatable bonds is 9. The number of carbonyl (C=O) groups excluding carboxylic acids is 1. The van der Waals surface area contributed by atoms with Crippen LogP contribution in [0.15, 0.2) is 52.7 Å². The van der Waals surface area contributed by atoms with E-state index in [-0.39, 0.29) is 30.2 Å². The van der Waals surface area contributed by atoms with E-state index in [9.17, 15) is 13.2 Å². The number of hydrogen-bond acceptors (Lipinski definition) is 8. The van der Waals surface area contributed by atoms with Gasteiger partial charge < -0.3 is 15.2 Å². The second-order valence-corrected chi connectivity index (χ2v) is 10.2. The highest BCUT2D eigenvalue weighted by Crippen LogP contribution is 2.26. The number of carbonyl (C=O) groups is 1. The Labute approximate surface area is 191 Å². The lowest BCUT2D eigenvalue weighted by Crippen LogP contribution is -2.23. The van der Waals surface area contributed by atoms with Crippen molar-refractivity contribution >= 4 is 33.0 Å². The van der Waals surface area contributed by atoms with Crippen LogP contribution in [-0.4, -0.2) is 56.0 Å². The van der Waals surface area contributed by atoms with E-state index in [1.54, 1.807) is 0 Å². The first kappa shape index (κ1) is 23.9. The fourth-order valence-corrected chi connectivity index (χ4v) is 4.57. The molecule has 3 rings (SSSR count). The van der Waals surface area contributed by atoms with Gasteiger partial charge in [0.1, 0.15) is 11.6 Å². The van der Waals surface area contributed by atoms with Crippen LogP contribution in [0, 0.1) is 6.92 Å². The zero-order valence-electron chi connectivity index (χ0n) is 18.0. The van der Waals surface area contributed by atoms with Gasteiger partial charge in [-0.05, 0) is 25.1 Å². The number of anilines is 1. The quantitative estimate of drug-likeness (QED) is 0.458. The van der Waals surface area contributed by atoms with Crippen molar-refractivity contribution < 1.29 is 23.1 Å². The number of thiazole rings is 1. The van der Waals surface area contributed by atoms with Crippen LogP contribution in [0.1, 0.15) is 21.6 Å². The molecule has 0 unspecified atom stereocenters. The third-order valence-electron chi connectivity index (χ3n) is 4.62. The largest absolute Gasteiger partial charge is 0.455 e. The standard InChI is InChI=1S/C22H25N3O5S2/c1-15-4-6-16(7-5-15)21-24-17(14-31-21)13-30-22(27)19-12-18(32(28,29)25(2)3)8-9-20(19)23-10-11-26/h4-9,12,14,23,26H,10-11,13H2,1-3H3. The molecule has 2 aromatic carbocycles. The van der Waals surface area contributed by atoms with Crippen LogP contribution >= 0.6 is 11.3 Å². The van der Waals surface area contributed by atoms with E-state index in [4.69, 9.17) is 9.84 Å². The molecular weight excluding hydrogens is 450 g/mol. The van der Waals surface area contributed by atoms with Gasteiger partial charge in [0.05, 0.1) is 22.8 Å². The average molecular weight is 476 g/mol. The van der Waals surface area contributed by atoms with Crippen LogP contribution < -0.4 is 5.32 Å². The Balaban J connectivity index is 1.79. The van der Waals surface area contributed by atoms with Crippen molar-refractivity contribution in [3.63, 3.8) is 0 Å². The molecule has 0 saturated heterocycles. The second kappa shape index (κ2) is 10.2. The summed E-state index contributed by atoms with van der Waals surface area (Å²) in [4.78, 5) is 17.3. The zero-order chi connectivity index (χ0) is 23.3. The highest BCUT2D eigenvalue weighted by molar-refractivity contribution is 7.89. The molecule has 0 bridgehead atoms. The van der Waals surface area contributed by atoms with Crippen molar-refractivity contribution in [1.82, 2.24) is 9.29 Å². The van der Waals surface area contributed by atoms with Crippen molar-refractivity contribution in [3.05, 3.63) is 64.7 Å². The molecule has 32 heavy (non-hydrogen) atoms. The van der Waals surface area contributed by atoms with E-state index in [2.05, 4.69) is 10.3 Å². The normalized spacial score (nSPS) is 11.5. The molecule has 1 aromatic heterocycles. The molecule has 8 nitrogen and oxygen atoms in total. The van der Waals surface area contributed by atoms with E-state index < -0.39 is 16.0 Å². The summed E-state index contributed by atoms with van der Waals surface area (Å²) >= 11 is 1.45. The molecule has 170 valence electrons. The lowest BCUT2D eigenvalue weighted by Gasteiger charge is -2.15. The number of aromatic nitrogens is 1. The minimum absolute atomic E-state index is 0.0284. The summed E-state index contributed by atoms with van der Waals surface area (Å²) < 4.78 is 31.4. The van der Waals surface area contributed by atoms with Crippen LogP contribution in [0.25, 0.3) is 10.6 Å². The van der Waals surface area contributed by atoms with Gasteiger partial charge in [-0.15, -0.1) is 11.3 Å². The summed E-state index contributed by atoms with van der Waals surface area (Å²) in [5, 5.41) is 14.6. The fraction of sp³-hybridized carbons (Fsp3) is 0.273. The predicted molar refractivity (Wildman–Crippen MR) is 124 cm³/mol. The smallest absolute Gasteiger partial charge is 0.340 e. The first-order chi connectivity index (χ1) is 15.2. The second-order valence-electron chi connectivity index (χ2n) is 7.23. The van der Waals surface area contributed by atoms with Crippen LogP contribution in [0.5, 0.6) is 0 Å². The Hall–Kier alpha value is -2.79. The van der Waals surface area contributed by atoms with Gasteiger partial charge in [-0.2, -0.15) is 0 Å². The van der Waals surface area contributed by atoms with Gasteiger partial charge in [0.15, 0.2) is 0 Å². The molecule has 0 aliphatic rings. The fourth-order valence-electron chi connectivity index (χ4n) is 2.83. The van der Waals surface area contributed by atoms with Gasteiger partial charge in [0, 0.05) is 37.3 Å². The Morgan fingerprint density at radius 3 is 2.56 bits per heavy atom. The topological polar surface area (TPSA) is 109 Å². The summed E-state index contributed by atoms with van der Waals surface area (Å²) in [5.41, 5.74) is 3.18. The molecule has 0 radical (unpaired) electrons. The molecule has 0 aliphatic heterocycles. The lowest BCUT2D eigenvalue weighted by atomic mass is 10.1. The number of aliphatic hydroxyl groups is 1. The molecule has 0 saturated carbocycles. The van der Waals surface area contributed by atoms with Crippen LogP contribution in [0.2, 0.25) is 0 Å². The number of ether oxygens (including phenoxy) is 1. The summed E-state index contributed by atoms with van der Waals surface area (Å²) in [6.07, 6.45) is 0. The first-order valence-corrected chi connectivity index (χ1v) is 12.1. The van der Waals surface area contributed by atoms with Crippen molar-refractivity contribution in [3.8, 4) is 10.6 Å². The van der Waals surface area contributed by atoms with E-state index in [0.717, 1.165) is 20.4 Å². The number of benzene rings is 2. The molecule has 2 N–H and O–H groups in total. The van der Waals surface area contributed by atoms with Gasteiger partial charge in [-0.25, -0.2) is 22.5 Å². The molecule has 3 aromatic rings. The minimum atomic E-state index is -3.73. The van der Waals surface area contributed by atoms with E-state index in [1.807, 2.05) is 36.6 Å². The van der Waals surface area contributed by atoms with Crippen LogP contribution in [-0.2, 0) is 21.4 Å². The molecule has 0 aliphatic carbocycles. The van der Waals surface area contributed by atoms with Gasteiger partial charge in [0.2, 0.25) is 10.0 Å². The number of nitrogens with zero attached hydrogens (tertiary/aromatic N) is 2. The number of aliphatic hydroxyl groups excluding tert-OH is 1. The van der Waals surface area contributed by atoms with Gasteiger partial charge >= 0.3 is 5.97 Å². The Kier molecular flexibility index (Phi) is 7.62. The van der Waals surface area contributed by atoms with E-state index >= 15 is 0 Å². The number of nitrogens with one attached hydrogen (secondary N) is 1. The first-order valence-electron chi connectivity index (χ1n) is 9.82. The molecule has 0 amide bonds. The monoisotopic (exact) mass is 475 g/mol. The molecule has 1 heterocycles. The van der Waals surface area contributed by atoms with Crippen LogP contribution in [0.3, 0.4) is 0 Å². The van der Waals surface area contributed by atoms with Gasteiger partial charge in [-0.1, -0.05) is 29.8 Å². The molecular formula is C22H25N3O5S2. The molecule has 10 heteroatoms. The molecule has 0 spiro atoms. The van der Waals surface area contributed by atoms with E-state index in [0.29, 0.717) is 11.4 Å². The predicted octanol–water partition coefficient (Wildman–Crippen LogP) is 3.13. The number of aryl methyl sites for hydroxylation is 1. The van der Waals surface area contributed by atoms with Crippen molar-refractivity contribution in [2.24, 2.45) is 0 Å². The summed E-state index contributed by atoms with van der Waals surface area (Å²) in [6, 6.07) is 12.1. The maximum atomic E-state index is 12.8. The maximum absolute atomic E-state index is 12.8. The number of sulfonamides is 1. The summed E-state index contributed by atoms with van der Waals surface area (Å²) in [6.45, 7) is 2.02. The van der Waals surface area contributed by atoms with Crippen molar-refractivity contribution in [1.29, 1.82) is 0 Å². The Morgan fingerprint density at radius 1 is 1.19 bits per heavy atom. The summed E-state index contributed by atoms with van der Waals surface area (Å²) in [7, 11) is -0.898. The van der Waals surface area contributed by atoms with Gasteiger partial charge in [0.25, 0.3) is 0 Å².